The SMILES string of the molecule is Cl.O=[N+]([O-])c1ccccc1OCC1CCNCC1. The van der Waals surface area contributed by atoms with Crippen LogP contribution in [0.15, 0.2) is 24.3 Å². The Morgan fingerprint density at radius 3 is 2.67 bits per heavy atom. The molecule has 0 bridgehead atoms. The molecule has 1 aliphatic heterocycles. The molecule has 0 saturated carbocycles. The standard InChI is InChI=1S/C12H16N2O3.ClH/c15-14(16)11-3-1-2-4-12(11)17-9-10-5-7-13-8-6-10;/h1-4,10,13H,5-9H2;1H. The maximum atomic E-state index is 10.8. The van der Waals surface area contributed by atoms with Gasteiger partial charge in [-0.1, -0.05) is 12.1 Å². The molecule has 1 fully saturated rings. The number of hydrogen-bond acceptors (Lipinski definition) is 4. The van der Waals surface area contributed by atoms with Crippen LogP contribution in [-0.2, 0) is 0 Å². The summed E-state index contributed by atoms with van der Waals surface area (Å²) in [6.45, 7) is 2.57. The van der Waals surface area contributed by atoms with Gasteiger partial charge in [0.1, 0.15) is 0 Å². The number of benzene rings is 1. The minimum atomic E-state index is -0.405. The molecule has 2 rings (SSSR count). The van der Waals surface area contributed by atoms with Crippen molar-refractivity contribution in [1.29, 1.82) is 0 Å². The second kappa shape index (κ2) is 7.18. The van der Waals surface area contributed by atoms with Crippen molar-refractivity contribution in [3.8, 4) is 5.75 Å². The summed E-state index contributed by atoms with van der Waals surface area (Å²) in [6.07, 6.45) is 2.14. The van der Waals surface area contributed by atoms with Crippen LogP contribution in [0.5, 0.6) is 5.75 Å². The largest absolute Gasteiger partial charge is 0.487 e. The van der Waals surface area contributed by atoms with Crippen molar-refractivity contribution in [2.45, 2.75) is 12.8 Å². The first-order valence-electron chi connectivity index (χ1n) is 5.84. The highest BCUT2D eigenvalue weighted by Gasteiger charge is 2.17. The van der Waals surface area contributed by atoms with Gasteiger partial charge in [0.25, 0.3) is 0 Å². The van der Waals surface area contributed by atoms with Crippen molar-refractivity contribution in [3.05, 3.63) is 34.4 Å². The van der Waals surface area contributed by atoms with E-state index in [0.29, 0.717) is 18.3 Å². The van der Waals surface area contributed by atoms with E-state index in [1.165, 1.54) is 6.07 Å². The van der Waals surface area contributed by atoms with Gasteiger partial charge in [0.2, 0.25) is 0 Å². The molecule has 0 aliphatic carbocycles. The van der Waals surface area contributed by atoms with Gasteiger partial charge in [-0.15, -0.1) is 12.4 Å². The summed E-state index contributed by atoms with van der Waals surface area (Å²) in [7, 11) is 0. The molecule has 0 amide bonds. The Hall–Kier alpha value is -1.33. The number of nitro groups is 1. The van der Waals surface area contributed by atoms with Crippen LogP contribution in [0.25, 0.3) is 0 Å². The van der Waals surface area contributed by atoms with Gasteiger partial charge in [0.15, 0.2) is 5.75 Å². The molecule has 0 radical (unpaired) electrons. The Morgan fingerprint density at radius 1 is 1.33 bits per heavy atom. The van der Waals surface area contributed by atoms with E-state index >= 15 is 0 Å². The van der Waals surface area contributed by atoms with Crippen LogP contribution >= 0.6 is 12.4 Å². The lowest BCUT2D eigenvalue weighted by atomic mass is 9.99. The Labute approximate surface area is 112 Å². The van der Waals surface area contributed by atoms with Crippen LogP contribution in [0.4, 0.5) is 5.69 Å². The first-order chi connectivity index (χ1) is 8.27. The Balaban J connectivity index is 0.00000162. The number of nitrogens with zero attached hydrogens (tertiary/aromatic N) is 1. The lowest BCUT2D eigenvalue weighted by molar-refractivity contribution is -0.385. The van der Waals surface area contributed by atoms with Crippen molar-refractivity contribution < 1.29 is 9.66 Å². The van der Waals surface area contributed by atoms with Crippen molar-refractivity contribution in [2.24, 2.45) is 5.92 Å². The fourth-order valence-electron chi connectivity index (χ4n) is 1.99. The minimum absolute atomic E-state index is 0. The van der Waals surface area contributed by atoms with Crippen LogP contribution in [0.3, 0.4) is 0 Å². The maximum Gasteiger partial charge on any atom is 0.310 e. The highest BCUT2D eigenvalue weighted by Crippen LogP contribution is 2.26. The van der Waals surface area contributed by atoms with Crippen LogP contribution < -0.4 is 10.1 Å². The molecule has 0 atom stereocenters. The molecule has 1 N–H and O–H groups in total. The number of nitrogens with one attached hydrogen (secondary N) is 1. The number of ether oxygens (including phenoxy) is 1. The van der Waals surface area contributed by atoms with Gasteiger partial charge in [0.05, 0.1) is 11.5 Å². The van der Waals surface area contributed by atoms with Crippen molar-refractivity contribution in [3.63, 3.8) is 0 Å². The third-order valence-electron chi connectivity index (χ3n) is 3.00. The van der Waals surface area contributed by atoms with Gasteiger partial charge < -0.3 is 10.1 Å². The second-order valence-corrected chi connectivity index (χ2v) is 4.23. The van der Waals surface area contributed by atoms with Gasteiger partial charge in [-0.25, -0.2) is 0 Å². The molecule has 1 aromatic rings. The summed E-state index contributed by atoms with van der Waals surface area (Å²) in [4.78, 5) is 10.4. The van der Waals surface area contributed by atoms with E-state index in [0.717, 1.165) is 25.9 Å². The molecule has 1 heterocycles. The number of piperidine rings is 1. The Morgan fingerprint density at radius 2 is 2.00 bits per heavy atom. The van der Waals surface area contributed by atoms with Gasteiger partial charge in [-0.05, 0) is 37.9 Å². The predicted octanol–water partition coefficient (Wildman–Crippen LogP) is 2.40. The maximum absolute atomic E-state index is 10.8. The van der Waals surface area contributed by atoms with E-state index < -0.39 is 4.92 Å². The van der Waals surface area contributed by atoms with Crippen molar-refractivity contribution >= 4 is 18.1 Å². The third-order valence-corrected chi connectivity index (χ3v) is 3.00. The number of halogens is 1. The summed E-state index contributed by atoms with van der Waals surface area (Å²) in [5.41, 5.74) is 0.0430. The molecule has 5 nitrogen and oxygen atoms in total. The summed E-state index contributed by atoms with van der Waals surface area (Å²) in [5, 5.41) is 14.1. The first-order valence-corrected chi connectivity index (χ1v) is 5.84. The fourth-order valence-corrected chi connectivity index (χ4v) is 1.99. The molecular weight excluding hydrogens is 256 g/mol. The number of para-hydroxylation sites is 2. The van der Waals surface area contributed by atoms with Gasteiger partial charge in [-0.2, -0.15) is 0 Å². The molecule has 18 heavy (non-hydrogen) atoms. The monoisotopic (exact) mass is 272 g/mol. The van der Waals surface area contributed by atoms with Crippen LogP contribution in [0, 0.1) is 16.0 Å². The lowest BCUT2D eigenvalue weighted by Gasteiger charge is -2.22. The number of nitro benzene ring substituents is 1. The van der Waals surface area contributed by atoms with Gasteiger partial charge in [0, 0.05) is 6.07 Å². The van der Waals surface area contributed by atoms with Crippen LogP contribution in [-0.4, -0.2) is 24.6 Å². The highest BCUT2D eigenvalue weighted by atomic mass is 35.5. The van der Waals surface area contributed by atoms with E-state index in [1.807, 2.05) is 0 Å². The highest BCUT2D eigenvalue weighted by molar-refractivity contribution is 5.85. The lowest BCUT2D eigenvalue weighted by Crippen LogP contribution is -2.30. The van der Waals surface area contributed by atoms with Crippen LogP contribution in [0.2, 0.25) is 0 Å². The zero-order chi connectivity index (χ0) is 12.1. The molecule has 0 spiro atoms. The Kier molecular flexibility index (Phi) is 5.88. The molecule has 0 unspecified atom stereocenters. The fraction of sp³-hybridized carbons (Fsp3) is 0.500. The molecule has 1 saturated heterocycles. The summed E-state index contributed by atoms with van der Waals surface area (Å²) in [5.74, 6) is 0.868. The van der Waals surface area contributed by atoms with E-state index in [-0.39, 0.29) is 18.1 Å². The second-order valence-electron chi connectivity index (χ2n) is 4.23. The predicted molar refractivity (Wildman–Crippen MR) is 71.4 cm³/mol. The molecule has 1 aliphatic rings. The van der Waals surface area contributed by atoms with Crippen molar-refractivity contribution in [2.75, 3.05) is 19.7 Å². The van der Waals surface area contributed by atoms with E-state index in [9.17, 15) is 10.1 Å². The normalized spacial score (nSPS) is 15.8. The van der Waals surface area contributed by atoms with Crippen LogP contribution in [0.1, 0.15) is 12.8 Å². The summed E-state index contributed by atoms with van der Waals surface area (Å²) < 4.78 is 5.57. The smallest absolute Gasteiger partial charge is 0.310 e. The van der Waals surface area contributed by atoms with Gasteiger partial charge >= 0.3 is 5.69 Å². The van der Waals surface area contributed by atoms with E-state index in [4.69, 9.17) is 4.74 Å². The summed E-state index contributed by atoms with van der Waals surface area (Å²) in [6, 6.07) is 6.53. The third kappa shape index (κ3) is 3.85. The van der Waals surface area contributed by atoms with Crippen molar-refractivity contribution in [1.82, 2.24) is 5.32 Å². The quantitative estimate of drug-likeness (QED) is 0.675. The summed E-state index contributed by atoms with van der Waals surface area (Å²) >= 11 is 0. The molecular formula is C12H17ClN2O3. The van der Waals surface area contributed by atoms with Gasteiger partial charge in [-0.3, -0.25) is 10.1 Å². The minimum Gasteiger partial charge on any atom is -0.487 e. The first kappa shape index (κ1) is 14.7. The zero-order valence-electron chi connectivity index (χ0n) is 10.0. The number of rotatable bonds is 4. The molecule has 0 aromatic heterocycles. The molecule has 100 valence electrons. The van der Waals surface area contributed by atoms with E-state index in [2.05, 4.69) is 5.32 Å². The average molecular weight is 273 g/mol. The molecule has 1 aromatic carbocycles. The zero-order valence-corrected chi connectivity index (χ0v) is 10.8. The number of hydrogen-bond donors (Lipinski definition) is 1. The average Bonchev–Trinajstić information content (AvgIpc) is 2.38. The molecule has 6 heteroatoms. The Bertz CT molecular complexity index is 395. The van der Waals surface area contributed by atoms with E-state index in [1.54, 1.807) is 18.2 Å². The topological polar surface area (TPSA) is 64.4 Å².